The van der Waals surface area contributed by atoms with E-state index in [1.807, 2.05) is 24.3 Å². The van der Waals surface area contributed by atoms with E-state index in [1.165, 1.54) is 24.0 Å². The average Bonchev–Trinajstić information content (AvgIpc) is 3.03. The van der Waals surface area contributed by atoms with Crippen molar-refractivity contribution < 1.29 is 19.5 Å². The van der Waals surface area contributed by atoms with Crippen molar-refractivity contribution in [3.05, 3.63) is 71.0 Å². The second-order valence-corrected chi connectivity index (χ2v) is 9.50. The van der Waals surface area contributed by atoms with Crippen molar-refractivity contribution in [3.63, 3.8) is 0 Å². The molecule has 0 radical (unpaired) electrons. The number of fused-ring (bicyclic) bond motifs is 3. The molecule has 5 heteroatoms. The highest BCUT2D eigenvalue weighted by Crippen LogP contribution is 2.32. The van der Waals surface area contributed by atoms with Crippen LogP contribution in [0.5, 0.6) is 0 Å². The fraction of sp³-hybridized carbons (Fsp3) is 0.448. The van der Waals surface area contributed by atoms with Gasteiger partial charge < -0.3 is 14.7 Å². The zero-order valence-electron chi connectivity index (χ0n) is 19.8. The number of furan rings is 1. The fourth-order valence-corrected chi connectivity index (χ4v) is 5.10. The van der Waals surface area contributed by atoms with Crippen LogP contribution in [0.2, 0.25) is 0 Å². The minimum atomic E-state index is -0.837. The molecule has 0 spiro atoms. The number of carboxylic acid groups (broad SMARTS) is 1. The number of hydrogen-bond donors (Lipinski definition) is 2. The second-order valence-electron chi connectivity index (χ2n) is 9.50. The molecule has 1 unspecified atom stereocenters. The molecule has 5 nitrogen and oxygen atoms in total. The molecule has 0 amide bonds. The van der Waals surface area contributed by atoms with Crippen molar-refractivity contribution in [3.8, 4) is 0 Å². The first-order chi connectivity index (χ1) is 16.7. The summed E-state index contributed by atoms with van der Waals surface area (Å²) >= 11 is 0. The molecule has 4 rings (SSSR count). The number of aryl methyl sites for hydroxylation is 3. The van der Waals surface area contributed by atoms with Crippen LogP contribution in [0.15, 0.2) is 58.1 Å². The summed E-state index contributed by atoms with van der Waals surface area (Å²) in [5.74, 6) is -0.330. The SMILES string of the molecule is O=C(O)C(CCCCCCc1ccccc1)C/C(=N/O)c1ccc2c3c(oc2c1)CCCCC3. The number of carboxylic acids is 1. The van der Waals surface area contributed by atoms with Crippen LogP contribution in [0, 0.1) is 5.92 Å². The van der Waals surface area contributed by atoms with Gasteiger partial charge in [-0.3, -0.25) is 4.79 Å². The molecule has 0 aliphatic heterocycles. The van der Waals surface area contributed by atoms with E-state index in [1.54, 1.807) is 0 Å². The van der Waals surface area contributed by atoms with E-state index in [4.69, 9.17) is 4.42 Å². The van der Waals surface area contributed by atoms with E-state index in [9.17, 15) is 15.1 Å². The smallest absolute Gasteiger partial charge is 0.306 e. The van der Waals surface area contributed by atoms with Gasteiger partial charge in [0, 0.05) is 29.4 Å². The van der Waals surface area contributed by atoms with Crippen molar-refractivity contribution in [2.24, 2.45) is 11.1 Å². The zero-order valence-corrected chi connectivity index (χ0v) is 19.8. The van der Waals surface area contributed by atoms with Crippen molar-refractivity contribution in [2.45, 2.75) is 77.0 Å². The summed E-state index contributed by atoms with van der Waals surface area (Å²) in [5, 5.41) is 24.1. The van der Waals surface area contributed by atoms with Crippen LogP contribution in [0.25, 0.3) is 11.0 Å². The Bertz CT molecular complexity index is 1120. The molecule has 1 atom stereocenters. The van der Waals surface area contributed by atoms with Crippen molar-refractivity contribution in [2.75, 3.05) is 0 Å². The molecule has 0 saturated heterocycles. The molecular formula is C29H35NO4. The predicted octanol–water partition coefficient (Wildman–Crippen LogP) is 7.16. The largest absolute Gasteiger partial charge is 0.481 e. The van der Waals surface area contributed by atoms with Gasteiger partial charge in [0.05, 0.1) is 11.6 Å². The minimum Gasteiger partial charge on any atom is -0.481 e. The molecule has 180 valence electrons. The molecule has 1 aliphatic rings. The molecule has 1 heterocycles. The summed E-state index contributed by atoms with van der Waals surface area (Å²) in [7, 11) is 0. The molecule has 2 aromatic carbocycles. The number of hydrogen-bond acceptors (Lipinski definition) is 4. The molecule has 3 aromatic rings. The molecule has 0 fully saturated rings. The van der Waals surface area contributed by atoms with Crippen LogP contribution in [-0.2, 0) is 24.1 Å². The predicted molar refractivity (Wildman–Crippen MR) is 135 cm³/mol. The van der Waals surface area contributed by atoms with Gasteiger partial charge in [0.2, 0.25) is 0 Å². The van der Waals surface area contributed by atoms with Crippen LogP contribution in [0.3, 0.4) is 0 Å². The standard InChI is InChI=1S/C29H35NO4/c31-29(32)23(14-8-2-1-5-11-21-12-6-3-7-13-21)19-26(30-33)22-17-18-25-24-15-9-4-10-16-27(24)34-28(25)20-22/h3,6-7,12-13,17-18,20,23,33H,1-2,4-5,8-11,14-16,19H2,(H,31,32)/b30-26-. The lowest BCUT2D eigenvalue weighted by Gasteiger charge is -2.13. The number of benzene rings is 2. The number of unbranched alkanes of at least 4 members (excludes halogenated alkanes) is 3. The van der Waals surface area contributed by atoms with Crippen molar-refractivity contribution in [1.82, 2.24) is 0 Å². The molecule has 1 aliphatic carbocycles. The highest BCUT2D eigenvalue weighted by atomic mass is 16.4. The third kappa shape index (κ3) is 6.07. The van der Waals surface area contributed by atoms with Crippen LogP contribution in [0.1, 0.15) is 80.2 Å². The van der Waals surface area contributed by atoms with Gasteiger partial charge in [-0.05, 0) is 50.2 Å². The lowest BCUT2D eigenvalue weighted by molar-refractivity contribution is -0.141. The quantitative estimate of drug-likeness (QED) is 0.104. The monoisotopic (exact) mass is 461 g/mol. The Morgan fingerprint density at radius 2 is 1.76 bits per heavy atom. The lowest BCUT2D eigenvalue weighted by Crippen LogP contribution is -2.19. The summed E-state index contributed by atoms with van der Waals surface area (Å²) in [6, 6.07) is 16.3. The Balaban J connectivity index is 1.33. The van der Waals surface area contributed by atoms with E-state index in [2.05, 4.69) is 29.4 Å². The summed E-state index contributed by atoms with van der Waals surface area (Å²) in [5.41, 5.74) is 4.59. The zero-order chi connectivity index (χ0) is 23.8. The third-order valence-corrected chi connectivity index (χ3v) is 7.06. The van der Waals surface area contributed by atoms with Gasteiger partial charge in [0.1, 0.15) is 11.3 Å². The number of carbonyl (C=O) groups is 1. The van der Waals surface area contributed by atoms with Gasteiger partial charge in [-0.15, -0.1) is 0 Å². The Morgan fingerprint density at radius 1 is 0.971 bits per heavy atom. The maximum Gasteiger partial charge on any atom is 0.306 e. The Kier molecular flexibility index (Phi) is 8.40. The Morgan fingerprint density at radius 3 is 2.56 bits per heavy atom. The number of rotatable bonds is 11. The fourth-order valence-electron chi connectivity index (χ4n) is 5.10. The van der Waals surface area contributed by atoms with Gasteiger partial charge in [0.25, 0.3) is 0 Å². The average molecular weight is 462 g/mol. The first-order valence-electron chi connectivity index (χ1n) is 12.7. The highest BCUT2D eigenvalue weighted by molar-refractivity contribution is 6.04. The summed E-state index contributed by atoms with van der Waals surface area (Å²) in [6.45, 7) is 0. The Hall–Kier alpha value is -3.08. The van der Waals surface area contributed by atoms with Crippen molar-refractivity contribution in [1.29, 1.82) is 0 Å². The summed E-state index contributed by atoms with van der Waals surface area (Å²) in [6.07, 6.45) is 11.5. The third-order valence-electron chi connectivity index (χ3n) is 7.06. The Labute approximate surface area is 201 Å². The van der Waals surface area contributed by atoms with Gasteiger partial charge in [0.15, 0.2) is 0 Å². The number of oxime groups is 1. The van der Waals surface area contributed by atoms with Crippen LogP contribution >= 0.6 is 0 Å². The number of aliphatic carboxylic acids is 1. The molecule has 1 aromatic heterocycles. The molecule has 0 saturated carbocycles. The van der Waals surface area contributed by atoms with Crippen LogP contribution in [0.4, 0.5) is 0 Å². The topological polar surface area (TPSA) is 83.0 Å². The molecular weight excluding hydrogens is 426 g/mol. The van der Waals surface area contributed by atoms with Crippen LogP contribution < -0.4 is 0 Å². The van der Waals surface area contributed by atoms with Crippen molar-refractivity contribution >= 4 is 22.7 Å². The molecule has 0 bridgehead atoms. The van der Waals surface area contributed by atoms with E-state index >= 15 is 0 Å². The lowest BCUT2D eigenvalue weighted by atomic mass is 9.92. The van der Waals surface area contributed by atoms with Crippen LogP contribution in [-0.4, -0.2) is 22.0 Å². The van der Waals surface area contributed by atoms with Gasteiger partial charge >= 0.3 is 5.97 Å². The number of nitrogens with zero attached hydrogens (tertiary/aromatic N) is 1. The second kappa shape index (κ2) is 11.9. The molecule has 2 N–H and O–H groups in total. The van der Waals surface area contributed by atoms with E-state index < -0.39 is 11.9 Å². The first kappa shape index (κ1) is 24.1. The molecule has 34 heavy (non-hydrogen) atoms. The van der Waals surface area contributed by atoms with Gasteiger partial charge in [-0.2, -0.15) is 0 Å². The van der Waals surface area contributed by atoms with E-state index in [0.29, 0.717) is 12.1 Å². The first-order valence-corrected chi connectivity index (χ1v) is 12.7. The maximum atomic E-state index is 11.9. The van der Waals surface area contributed by atoms with E-state index in [-0.39, 0.29) is 6.42 Å². The highest BCUT2D eigenvalue weighted by Gasteiger charge is 2.22. The summed E-state index contributed by atoms with van der Waals surface area (Å²) in [4.78, 5) is 11.9. The normalized spacial score (nSPS) is 15.1. The van der Waals surface area contributed by atoms with Gasteiger partial charge in [-0.1, -0.05) is 73.3 Å². The maximum absolute atomic E-state index is 11.9. The summed E-state index contributed by atoms with van der Waals surface area (Å²) < 4.78 is 6.14. The van der Waals surface area contributed by atoms with E-state index in [0.717, 1.165) is 73.7 Å². The minimum absolute atomic E-state index is 0.210. The van der Waals surface area contributed by atoms with Gasteiger partial charge in [-0.25, -0.2) is 0 Å².